The van der Waals surface area contributed by atoms with E-state index in [1.807, 2.05) is 35.6 Å². The summed E-state index contributed by atoms with van der Waals surface area (Å²) in [7, 11) is 0. The zero-order valence-electron chi connectivity index (χ0n) is 31.3. The summed E-state index contributed by atoms with van der Waals surface area (Å²) in [6.07, 6.45) is 0. The van der Waals surface area contributed by atoms with Gasteiger partial charge in [-0.3, -0.25) is 0 Å². The molecule has 0 bridgehead atoms. The molecule has 0 aliphatic heterocycles. The van der Waals surface area contributed by atoms with E-state index < -0.39 is 0 Å². The fraction of sp³-hybridized carbons (Fsp3) is 0. The highest BCUT2D eigenvalue weighted by atomic mass is 32.1. The van der Waals surface area contributed by atoms with Crippen molar-refractivity contribution in [2.45, 2.75) is 0 Å². The Hall–Kier alpha value is -7.43. The quantitative estimate of drug-likeness (QED) is 0.167. The summed E-state index contributed by atoms with van der Waals surface area (Å²) in [4.78, 5) is 15.4. The molecule has 59 heavy (non-hydrogen) atoms. The molecule has 0 saturated heterocycles. The molecule has 13 aromatic rings. The van der Waals surface area contributed by atoms with Gasteiger partial charge >= 0.3 is 0 Å². The van der Waals surface area contributed by atoms with Gasteiger partial charge in [0, 0.05) is 53.0 Å². The van der Waals surface area contributed by atoms with Crippen molar-refractivity contribution >= 4 is 123 Å². The maximum atomic E-state index is 7.59. The van der Waals surface area contributed by atoms with Crippen molar-refractivity contribution in [3.8, 4) is 28.2 Å². The molecule has 0 amide bonds. The van der Waals surface area contributed by atoms with Crippen LogP contribution in [-0.2, 0) is 0 Å². The minimum Gasteiger partial charge on any atom is -0.307 e. The van der Waals surface area contributed by atoms with Crippen LogP contribution in [-0.4, -0.2) is 14.5 Å². The van der Waals surface area contributed by atoms with E-state index in [1.54, 1.807) is 11.3 Å². The monoisotopic (exact) mass is 784 g/mol. The van der Waals surface area contributed by atoms with Crippen LogP contribution in [0.4, 0.5) is 5.69 Å². The van der Waals surface area contributed by atoms with Crippen LogP contribution in [0.1, 0.15) is 0 Å². The molecule has 0 aliphatic rings. The predicted octanol–water partition coefficient (Wildman–Crippen LogP) is 15.7. The Morgan fingerprint density at radius 2 is 1.12 bits per heavy atom. The van der Waals surface area contributed by atoms with Gasteiger partial charge in [0.05, 0.1) is 33.7 Å². The first-order valence-corrected chi connectivity index (χ1v) is 21.2. The Morgan fingerprint density at radius 1 is 0.458 bits per heavy atom. The molecule has 4 aromatic heterocycles. The van der Waals surface area contributed by atoms with E-state index in [9.17, 15) is 0 Å². The smallest absolute Gasteiger partial charge is 0.187 e. The van der Waals surface area contributed by atoms with E-state index in [2.05, 4.69) is 155 Å². The summed E-state index contributed by atoms with van der Waals surface area (Å²) < 4.78 is 6.28. The molecule has 0 saturated carbocycles. The van der Waals surface area contributed by atoms with Crippen LogP contribution in [0.25, 0.3) is 128 Å². The van der Waals surface area contributed by atoms with Gasteiger partial charge in [-0.25, -0.2) is 14.8 Å². The van der Waals surface area contributed by atoms with Crippen LogP contribution < -0.4 is 0 Å². The van der Waals surface area contributed by atoms with E-state index in [1.165, 1.54) is 74.3 Å². The molecular formula is C53H28N4S2. The van der Waals surface area contributed by atoms with Gasteiger partial charge in [0.15, 0.2) is 5.69 Å². The first-order valence-electron chi connectivity index (χ1n) is 19.6. The highest BCUT2D eigenvalue weighted by Crippen LogP contribution is 2.50. The molecule has 13 rings (SSSR count). The van der Waals surface area contributed by atoms with Crippen molar-refractivity contribution in [1.29, 1.82) is 0 Å². The summed E-state index contributed by atoms with van der Waals surface area (Å²) in [5, 5.41) is 13.7. The number of hydrogen-bond donors (Lipinski definition) is 0. The second-order valence-corrected chi connectivity index (χ2v) is 17.2. The molecule has 272 valence electrons. The highest BCUT2D eigenvalue weighted by molar-refractivity contribution is 7.27. The maximum absolute atomic E-state index is 7.59. The van der Waals surface area contributed by atoms with Gasteiger partial charge in [0.1, 0.15) is 10.3 Å². The molecule has 0 spiro atoms. The average molecular weight is 785 g/mol. The average Bonchev–Trinajstić information content (AvgIpc) is 3.99. The van der Waals surface area contributed by atoms with Gasteiger partial charge in [-0.05, 0) is 50.7 Å². The molecular weight excluding hydrogens is 757 g/mol. The van der Waals surface area contributed by atoms with Crippen LogP contribution in [0, 0.1) is 6.57 Å². The lowest BCUT2D eigenvalue weighted by Crippen LogP contribution is -1.98. The van der Waals surface area contributed by atoms with E-state index >= 15 is 0 Å². The summed E-state index contributed by atoms with van der Waals surface area (Å²) in [5.41, 5.74) is 8.48. The van der Waals surface area contributed by atoms with E-state index in [4.69, 9.17) is 16.5 Å². The second-order valence-electron chi connectivity index (χ2n) is 15.1. The zero-order valence-corrected chi connectivity index (χ0v) is 32.9. The second kappa shape index (κ2) is 12.3. The number of thiophene rings is 2. The standard InChI is InChI=1S/C53H28N4S2/c1-54-34-25-21-32(22-26-34)46-47(56-53-48(55-46)40-19-8-9-20-43(40)58-53)33-13-10-14-35(29-33)57-49-36-15-4-2-11-30(36)23-27-41(49)44-38-17-6-7-18-39(38)45-42-28-24-31-12-3-5-16-37(31)51(42)59-52(45)50(44)57/h2-29H. The largest absolute Gasteiger partial charge is 0.307 e. The first-order chi connectivity index (χ1) is 29.2. The Labute approximate surface area is 345 Å². The predicted molar refractivity (Wildman–Crippen MR) is 252 cm³/mol. The molecule has 4 heterocycles. The van der Waals surface area contributed by atoms with Crippen LogP contribution >= 0.6 is 22.7 Å². The molecule has 6 heteroatoms. The maximum Gasteiger partial charge on any atom is 0.187 e. The number of rotatable bonds is 3. The van der Waals surface area contributed by atoms with Crippen molar-refractivity contribution in [3.63, 3.8) is 0 Å². The molecule has 0 fully saturated rings. The minimum atomic E-state index is 0.596. The van der Waals surface area contributed by atoms with Gasteiger partial charge < -0.3 is 4.57 Å². The molecule has 0 radical (unpaired) electrons. The lowest BCUT2D eigenvalue weighted by atomic mass is 9.97. The Balaban J connectivity index is 1.18. The lowest BCUT2D eigenvalue weighted by Gasteiger charge is -2.14. The summed E-state index contributed by atoms with van der Waals surface area (Å²) in [6, 6.07) is 60.7. The van der Waals surface area contributed by atoms with Crippen molar-refractivity contribution < 1.29 is 0 Å². The molecule has 0 N–H and O–H groups in total. The Bertz CT molecular complexity index is 3980. The molecule has 0 unspecified atom stereocenters. The third kappa shape index (κ3) is 4.63. The third-order valence-electron chi connectivity index (χ3n) is 12.0. The Kier molecular flexibility index (Phi) is 6.80. The number of benzene rings is 9. The van der Waals surface area contributed by atoms with Gasteiger partial charge in [-0.1, -0.05) is 152 Å². The summed E-state index contributed by atoms with van der Waals surface area (Å²) in [5.74, 6) is 0. The van der Waals surface area contributed by atoms with E-state index in [-0.39, 0.29) is 0 Å². The van der Waals surface area contributed by atoms with Crippen molar-refractivity contribution in [1.82, 2.24) is 14.5 Å². The molecule has 0 aliphatic carbocycles. The fourth-order valence-corrected chi connectivity index (χ4v) is 11.8. The SMILES string of the molecule is [C-]#[N+]c1ccc(-c2nc3c(nc2-c2cccc(-n4c5c6ccccc6ccc5c5c6ccccc6c6c7ccc8ccccc8c7sc6c54)c2)sc2ccccc23)cc1. The normalized spacial score (nSPS) is 12.1. The zero-order chi connectivity index (χ0) is 38.8. The minimum absolute atomic E-state index is 0.596. The topological polar surface area (TPSA) is 35.1 Å². The number of hydrogen-bond acceptors (Lipinski definition) is 4. The van der Waals surface area contributed by atoms with Crippen LogP contribution in [0.2, 0.25) is 0 Å². The van der Waals surface area contributed by atoms with Crippen LogP contribution in [0.15, 0.2) is 170 Å². The number of nitrogens with zero attached hydrogens (tertiary/aromatic N) is 4. The number of fused-ring (bicyclic) bond motifs is 17. The Morgan fingerprint density at radius 3 is 1.92 bits per heavy atom. The van der Waals surface area contributed by atoms with Crippen molar-refractivity contribution in [2.24, 2.45) is 0 Å². The van der Waals surface area contributed by atoms with E-state index in [0.717, 1.165) is 48.6 Å². The summed E-state index contributed by atoms with van der Waals surface area (Å²) in [6.45, 7) is 7.59. The van der Waals surface area contributed by atoms with E-state index in [0.29, 0.717) is 5.69 Å². The van der Waals surface area contributed by atoms with Crippen molar-refractivity contribution in [3.05, 3.63) is 181 Å². The lowest BCUT2D eigenvalue weighted by molar-refractivity contribution is 1.19. The third-order valence-corrected chi connectivity index (χ3v) is 14.3. The summed E-state index contributed by atoms with van der Waals surface area (Å²) >= 11 is 3.58. The highest BCUT2D eigenvalue weighted by Gasteiger charge is 2.24. The van der Waals surface area contributed by atoms with Gasteiger partial charge in [-0.15, -0.1) is 22.7 Å². The van der Waals surface area contributed by atoms with Crippen molar-refractivity contribution in [2.75, 3.05) is 0 Å². The van der Waals surface area contributed by atoms with Gasteiger partial charge in [0.2, 0.25) is 0 Å². The first kappa shape index (κ1) is 32.6. The van der Waals surface area contributed by atoms with Crippen LogP contribution in [0.5, 0.6) is 0 Å². The number of aromatic nitrogens is 3. The van der Waals surface area contributed by atoms with Crippen LogP contribution in [0.3, 0.4) is 0 Å². The molecule has 0 atom stereocenters. The molecule has 4 nitrogen and oxygen atoms in total. The van der Waals surface area contributed by atoms with Gasteiger partial charge in [-0.2, -0.15) is 0 Å². The fourth-order valence-electron chi connectivity index (χ4n) is 9.38. The molecule has 9 aromatic carbocycles. The van der Waals surface area contributed by atoms with Gasteiger partial charge in [0.25, 0.3) is 0 Å².